The summed E-state index contributed by atoms with van der Waals surface area (Å²) in [7, 11) is 3.38. The standard InChI is InChI=1S/C17H20N2O2/c1-20-12-4-6-16-14(10-12)15-11-13(21-2)5-7-17(15)19(16)9-3-8-18/h4-7,10-11H,3,8-9,18H2,1-2H3. The third kappa shape index (κ3) is 2.32. The fourth-order valence-corrected chi connectivity index (χ4v) is 2.81. The Kier molecular flexibility index (Phi) is 3.71. The molecule has 0 saturated carbocycles. The Hall–Kier alpha value is -2.20. The van der Waals surface area contributed by atoms with E-state index in [0.29, 0.717) is 6.54 Å². The first-order chi connectivity index (χ1) is 10.3. The van der Waals surface area contributed by atoms with Gasteiger partial charge < -0.3 is 19.8 Å². The molecule has 4 heteroatoms. The molecule has 1 aromatic heterocycles. The van der Waals surface area contributed by atoms with Crippen LogP contribution in [0.4, 0.5) is 0 Å². The van der Waals surface area contributed by atoms with Crippen molar-refractivity contribution in [3.05, 3.63) is 36.4 Å². The van der Waals surface area contributed by atoms with Gasteiger partial charge in [-0.2, -0.15) is 0 Å². The normalized spacial score (nSPS) is 11.2. The van der Waals surface area contributed by atoms with Crippen molar-refractivity contribution in [3.8, 4) is 11.5 Å². The largest absolute Gasteiger partial charge is 0.497 e. The number of aryl methyl sites for hydroxylation is 1. The smallest absolute Gasteiger partial charge is 0.119 e. The van der Waals surface area contributed by atoms with Crippen molar-refractivity contribution < 1.29 is 9.47 Å². The quantitative estimate of drug-likeness (QED) is 0.783. The van der Waals surface area contributed by atoms with Gasteiger partial charge in [-0.1, -0.05) is 0 Å². The molecule has 0 spiro atoms. The predicted molar refractivity (Wildman–Crippen MR) is 86.2 cm³/mol. The van der Waals surface area contributed by atoms with Crippen LogP contribution in [0.25, 0.3) is 21.8 Å². The van der Waals surface area contributed by atoms with E-state index in [1.165, 1.54) is 21.8 Å². The molecule has 0 aliphatic rings. The SMILES string of the molecule is COc1ccc2c(c1)c1cc(OC)ccc1n2CCCN. The van der Waals surface area contributed by atoms with Crippen molar-refractivity contribution in [1.82, 2.24) is 4.57 Å². The summed E-state index contributed by atoms with van der Waals surface area (Å²) in [4.78, 5) is 0. The van der Waals surface area contributed by atoms with E-state index >= 15 is 0 Å². The molecule has 0 amide bonds. The van der Waals surface area contributed by atoms with Crippen LogP contribution < -0.4 is 15.2 Å². The highest BCUT2D eigenvalue weighted by Crippen LogP contribution is 2.34. The highest BCUT2D eigenvalue weighted by atomic mass is 16.5. The number of hydrogen-bond acceptors (Lipinski definition) is 3. The van der Waals surface area contributed by atoms with Gasteiger partial charge in [-0.25, -0.2) is 0 Å². The van der Waals surface area contributed by atoms with Gasteiger partial charge in [0.05, 0.1) is 14.2 Å². The van der Waals surface area contributed by atoms with Crippen molar-refractivity contribution in [3.63, 3.8) is 0 Å². The Morgan fingerprint density at radius 3 is 1.86 bits per heavy atom. The molecule has 2 aromatic carbocycles. The minimum Gasteiger partial charge on any atom is -0.497 e. The summed E-state index contributed by atoms with van der Waals surface area (Å²) in [6.45, 7) is 1.60. The molecule has 0 saturated heterocycles. The Morgan fingerprint density at radius 2 is 1.43 bits per heavy atom. The maximum absolute atomic E-state index is 5.67. The fraction of sp³-hybridized carbons (Fsp3) is 0.294. The molecule has 21 heavy (non-hydrogen) atoms. The van der Waals surface area contributed by atoms with Crippen molar-refractivity contribution in [2.75, 3.05) is 20.8 Å². The zero-order valence-corrected chi connectivity index (χ0v) is 12.4. The summed E-state index contributed by atoms with van der Waals surface area (Å²) >= 11 is 0. The van der Waals surface area contributed by atoms with Crippen LogP contribution in [0.15, 0.2) is 36.4 Å². The molecule has 0 atom stereocenters. The number of rotatable bonds is 5. The van der Waals surface area contributed by atoms with Crippen LogP contribution in [0.3, 0.4) is 0 Å². The van der Waals surface area contributed by atoms with Crippen molar-refractivity contribution >= 4 is 21.8 Å². The molecule has 0 unspecified atom stereocenters. The Bertz CT molecular complexity index is 716. The maximum Gasteiger partial charge on any atom is 0.119 e. The van der Waals surface area contributed by atoms with Crippen molar-refractivity contribution in [2.45, 2.75) is 13.0 Å². The lowest BCUT2D eigenvalue weighted by Gasteiger charge is -2.07. The first-order valence-electron chi connectivity index (χ1n) is 7.12. The average Bonchev–Trinajstić information content (AvgIpc) is 2.85. The second-order valence-electron chi connectivity index (χ2n) is 5.06. The van der Waals surface area contributed by atoms with Crippen LogP contribution in [0, 0.1) is 0 Å². The van der Waals surface area contributed by atoms with Gasteiger partial charge in [0.25, 0.3) is 0 Å². The van der Waals surface area contributed by atoms with E-state index in [9.17, 15) is 0 Å². The topological polar surface area (TPSA) is 49.4 Å². The minimum atomic E-state index is 0.688. The first kappa shape index (κ1) is 13.8. The van der Waals surface area contributed by atoms with Gasteiger partial charge in [0.15, 0.2) is 0 Å². The van der Waals surface area contributed by atoms with Gasteiger partial charge >= 0.3 is 0 Å². The first-order valence-corrected chi connectivity index (χ1v) is 7.12. The Balaban J connectivity index is 2.31. The average molecular weight is 284 g/mol. The van der Waals surface area contributed by atoms with Gasteiger partial charge in [0, 0.05) is 28.4 Å². The van der Waals surface area contributed by atoms with E-state index < -0.39 is 0 Å². The van der Waals surface area contributed by atoms with Crippen LogP contribution in [0.2, 0.25) is 0 Å². The van der Waals surface area contributed by atoms with Crippen molar-refractivity contribution in [1.29, 1.82) is 0 Å². The number of hydrogen-bond donors (Lipinski definition) is 1. The summed E-state index contributed by atoms with van der Waals surface area (Å²) in [6.07, 6.45) is 0.955. The van der Waals surface area contributed by atoms with Crippen molar-refractivity contribution in [2.24, 2.45) is 5.73 Å². The molecule has 2 N–H and O–H groups in total. The van der Waals surface area contributed by atoms with Gasteiger partial charge in [0.1, 0.15) is 11.5 Å². The summed E-state index contributed by atoms with van der Waals surface area (Å²) in [5.41, 5.74) is 8.07. The molecular weight excluding hydrogens is 264 g/mol. The third-order valence-corrected chi connectivity index (χ3v) is 3.87. The third-order valence-electron chi connectivity index (χ3n) is 3.87. The number of benzene rings is 2. The Labute approximate surface area is 124 Å². The number of fused-ring (bicyclic) bond motifs is 3. The zero-order chi connectivity index (χ0) is 14.8. The van der Waals surface area contributed by atoms with E-state index in [-0.39, 0.29) is 0 Å². The van der Waals surface area contributed by atoms with Crippen LogP contribution in [-0.4, -0.2) is 25.3 Å². The number of ether oxygens (including phenoxy) is 2. The Morgan fingerprint density at radius 1 is 0.905 bits per heavy atom. The van der Waals surface area contributed by atoms with E-state index in [4.69, 9.17) is 15.2 Å². The molecule has 4 nitrogen and oxygen atoms in total. The van der Waals surface area contributed by atoms with Crippen LogP contribution in [-0.2, 0) is 6.54 Å². The summed E-state index contributed by atoms with van der Waals surface area (Å²) < 4.78 is 13.0. The maximum atomic E-state index is 5.67. The van der Waals surface area contributed by atoms with Crippen LogP contribution >= 0.6 is 0 Å². The molecule has 0 aliphatic carbocycles. The molecule has 3 rings (SSSR count). The molecule has 1 heterocycles. The minimum absolute atomic E-state index is 0.688. The fourth-order valence-electron chi connectivity index (χ4n) is 2.81. The van der Waals surface area contributed by atoms with E-state index in [0.717, 1.165) is 24.5 Å². The molecular formula is C17H20N2O2. The van der Waals surface area contributed by atoms with Crippen LogP contribution in [0.1, 0.15) is 6.42 Å². The summed E-state index contributed by atoms with van der Waals surface area (Å²) in [6, 6.07) is 12.4. The lowest BCUT2D eigenvalue weighted by molar-refractivity contribution is 0.415. The van der Waals surface area contributed by atoms with E-state index in [2.05, 4.69) is 28.8 Å². The van der Waals surface area contributed by atoms with Gasteiger partial charge in [-0.3, -0.25) is 0 Å². The second kappa shape index (κ2) is 5.66. The summed E-state index contributed by atoms with van der Waals surface area (Å²) in [5.74, 6) is 1.73. The summed E-state index contributed by atoms with van der Waals surface area (Å²) in [5, 5.41) is 2.36. The van der Waals surface area contributed by atoms with E-state index in [1.54, 1.807) is 14.2 Å². The molecule has 0 aliphatic heterocycles. The van der Waals surface area contributed by atoms with E-state index in [1.807, 2.05) is 12.1 Å². The molecule has 0 radical (unpaired) electrons. The lowest BCUT2D eigenvalue weighted by Crippen LogP contribution is -2.05. The highest BCUT2D eigenvalue weighted by Gasteiger charge is 2.12. The highest BCUT2D eigenvalue weighted by molar-refractivity contribution is 6.09. The monoisotopic (exact) mass is 284 g/mol. The number of nitrogens with two attached hydrogens (primary N) is 1. The number of methoxy groups -OCH3 is 2. The molecule has 3 aromatic rings. The predicted octanol–water partition coefficient (Wildman–Crippen LogP) is 3.16. The van der Waals surface area contributed by atoms with Gasteiger partial charge in [-0.05, 0) is 49.4 Å². The molecule has 0 bridgehead atoms. The lowest BCUT2D eigenvalue weighted by atomic mass is 10.1. The molecule has 110 valence electrons. The number of nitrogens with zero attached hydrogens (tertiary/aromatic N) is 1. The van der Waals surface area contributed by atoms with Crippen LogP contribution in [0.5, 0.6) is 11.5 Å². The molecule has 0 fully saturated rings. The van der Waals surface area contributed by atoms with Gasteiger partial charge in [-0.15, -0.1) is 0 Å². The van der Waals surface area contributed by atoms with Gasteiger partial charge in [0.2, 0.25) is 0 Å². The second-order valence-corrected chi connectivity index (χ2v) is 5.06. The zero-order valence-electron chi connectivity index (χ0n) is 12.4. The number of aromatic nitrogens is 1.